The Kier molecular flexibility index (Phi) is 7.45. The molecule has 44 heavy (non-hydrogen) atoms. The van der Waals surface area contributed by atoms with Crippen LogP contribution in [-0.4, -0.2) is 90.8 Å². The molecular weight excluding hydrogens is 607 g/mol. The van der Waals surface area contributed by atoms with Crippen molar-refractivity contribution in [2.45, 2.75) is 50.6 Å². The van der Waals surface area contributed by atoms with Gasteiger partial charge in [-0.15, -0.1) is 0 Å². The Bertz CT molecular complexity index is 1670. The van der Waals surface area contributed by atoms with Crippen molar-refractivity contribution in [2.24, 2.45) is 11.3 Å². The SMILES string of the molecule is CC1(C(=O)N2CCC(O)(Cn3cnc4c(cc(Cl)n4-c4ccc([C@@H]5COCCN5C(=O)O)cc4)c3=O)CC2)CC1C(F)(F)F. The smallest absolute Gasteiger partial charge is 0.407 e. The molecule has 2 amide bonds. The molecule has 3 aliphatic rings. The molecule has 11 nitrogen and oxygen atoms in total. The number of aliphatic hydroxyl groups is 1. The average Bonchev–Trinajstić information content (AvgIpc) is 3.59. The number of carbonyl (C=O) groups is 2. The molecule has 236 valence electrons. The van der Waals surface area contributed by atoms with E-state index in [4.69, 9.17) is 16.3 Å². The second-order valence-corrected chi connectivity index (χ2v) is 12.5. The number of ether oxygens (including phenoxy) is 1. The van der Waals surface area contributed by atoms with Crippen molar-refractivity contribution in [1.29, 1.82) is 0 Å². The monoisotopic (exact) mass is 637 g/mol. The Morgan fingerprint density at radius 2 is 1.84 bits per heavy atom. The predicted molar refractivity (Wildman–Crippen MR) is 152 cm³/mol. The first-order chi connectivity index (χ1) is 20.7. The zero-order valence-electron chi connectivity index (χ0n) is 23.8. The van der Waals surface area contributed by atoms with Crippen LogP contribution >= 0.6 is 11.6 Å². The van der Waals surface area contributed by atoms with Gasteiger partial charge in [0, 0.05) is 25.3 Å². The fourth-order valence-corrected chi connectivity index (χ4v) is 6.73. The minimum absolute atomic E-state index is 0.0787. The summed E-state index contributed by atoms with van der Waals surface area (Å²) in [5, 5.41) is 21.2. The summed E-state index contributed by atoms with van der Waals surface area (Å²) in [6.07, 6.45) is -4.19. The van der Waals surface area contributed by atoms with Crippen molar-refractivity contribution in [1.82, 2.24) is 23.9 Å². The van der Waals surface area contributed by atoms with Gasteiger partial charge in [0.05, 0.1) is 48.1 Å². The lowest BCUT2D eigenvalue weighted by Crippen LogP contribution is -2.51. The fourth-order valence-electron chi connectivity index (χ4n) is 6.44. The van der Waals surface area contributed by atoms with Crippen LogP contribution in [0.15, 0.2) is 41.5 Å². The minimum Gasteiger partial charge on any atom is -0.465 e. The molecule has 3 fully saturated rings. The van der Waals surface area contributed by atoms with Crippen LogP contribution in [0.3, 0.4) is 0 Å². The molecule has 1 aromatic carbocycles. The Morgan fingerprint density at radius 1 is 1.16 bits per heavy atom. The van der Waals surface area contributed by atoms with E-state index in [9.17, 15) is 37.8 Å². The summed E-state index contributed by atoms with van der Waals surface area (Å²) in [4.78, 5) is 45.1. The minimum atomic E-state index is -4.42. The van der Waals surface area contributed by atoms with Crippen LogP contribution in [0.1, 0.15) is 37.8 Å². The molecule has 15 heteroatoms. The van der Waals surface area contributed by atoms with Gasteiger partial charge in [0.1, 0.15) is 11.5 Å². The van der Waals surface area contributed by atoms with E-state index in [-0.39, 0.29) is 62.6 Å². The molecule has 0 radical (unpaired) electrons. The van der Waals surface area contributed by atoms with Crippen LogP contribution in [0.25, 0.3) is 16.7 Å². The van der Waals surface area contributed by atoms with Crippen LogP contribution in [0.4, 0.5) is 18.0 Å². The van der Waals surface area contributed by atoms with Crippen molar-refractivity contribution in [3.63, 3.8) is 0 Å². The normalized spacial score (nSPS) is 25.3. The van der Waals surface area contributed by atoms with Crippen molar-refractivity contribution >= 4 is 34.6 Å². The molecule has 0 spiro atoms. The molecule has 2 aromatic heterocycles. The number of likely N-dealkylation sites (tertiary alicyclic amines) is 1. The largest absolute Gasteiger partial charge is 0.465 e. The topological polar surface area (TPSA) is 130 Å². The highest BCUT2D eigenvalue weighted by Gasteiger charge is 2.68. The summed E-state index contributed by atoms with van der Waals surface area (Å²) in [7, 11) is 0. The zero-order chi connectivity index (χ0) is 31.6. The fraction of sp³-hybridized carbons (Fsp3) is 0.517. The van der Waals surface area contributed by atoms with Gasteiger partial charge in [0.2, 0.25) is 5.91 Å². The van der Waals surface area contributed by atoms with E-state index in [1.807, 2.05) is 0 Å². The number of fused-ring (bicyclic) bond motifs is 1. The second-order valence-electron chi connectivity index (χ2n) is 12.1. The molecule has 1 saturated carbocycles. The first-order valence-electron chi connectivity index (χ1n) is 14.2. The summed E-state index contributed by atoms with van der Waals surface area (Å²) in [5.74, 6) is -2.21. The summed E-state index contributed by atoms with van der Waals surface area (Å²) in [5.41, 5.74) is -1.62. The standard InChI is InChI=1S/C29H31ClF3N5O6/c1-27(13-21(27)29(31,32)33)25(40)35-8-6-28(43,7-9-35)15-36-16-34-23-19(24(36)39)12-22(30)38(23)18-4-2-17(3-5-18)20-14-44-11-10-37(20)26(41)42/h2-5,12,16,20-21,43H,6-11,13-15H2,1H3,(H,41,42)/t20-,21?,27?/m0/s1. The lowest BCUT2D eigenvalue weighted by atomic mass is 9.90. The van der Waals surface area contributed by atoms with E-state index >= 15 is 0 Å². The van der Waals surface area contributed by atoms with Crippen molar-refractivity contribution in [2.75, 3.05) is 32.8 Å². The second kappa shape index (κ2) is 10.8. The van der Waals surface area contributed by atoms with Crippen LogP contribution in [0.5, 0.6) is 0 Å². The molecule has 2 aliphatic heterocycles. The van der Waals surface area contributed by atoms with Gasteiger partial charge in [0.15, 0.2) is 5.65 Å². The number of carboxylic acid groups (broad SMARTS) is 1. The van der Waals surface area contributed by atoms with E-state index < -0.39 is 46.7 Å². The van der Waals surface area contributed by atoms with Gasteiger partial charge in [-0.2, -0.15) is 13.2 Å². The number of amides is 2. The number of benzene rings is 1. The van der Waals surface area contributed by atoms with Crippen molar-refractivity contribution in [3.05, 3.63) is 57.7 Å². The number of hydrogen-bond donors (Lipinski definition) is 2. The van der Waals surface area contributed by atoms with Crippen molar-refractivity contribution < 1.29 is 37.7 Å². The summed E-state index contributed by atoms with van der Waals surface area (Å²) >= 11 is 6.54. The molecule has 1 aliphatic carbocycles. The van der Waals surface area contributed by atoms with E-state index in [2.05, 4.69) is 4.98 Å². The van der Waals surface area contributed by atoms with Gasteiger partial charge in [-0.1, -0.05) is 30.7 Å². The van der Waals surface area contributed by atoms with Gasteiger partial charge in [-0.05, 0) is 43.0 Å². The lowest BCUT2D eigenvalue weighted by Gasteiger charge is -2.39. The Labute approximate surface area is 254 Å². The number of morpholine rings is 1. The molecular formula is C29H31ClF3N5O6. The predicted octanol–water partition coefficient (Wildman–Crippen LogP) is 3.83. The van der Waals surface area contributed by atoms with Crippen LogP contribution in [0.2, 0.25) is 5.15 Å². The Balaban J connectivity index is 1.17. The van der Waals surface area contributed by atoms with E-state index in [1.165, 1.54) is 33.7 Å². The number of carbonyl (C=O) groups excluding carboxylic acids is 1. The third-order valence-corrected chi connectivity index (χ3v) is 9.50. The summed E-state index contributed by atoms with van der Waals surface area (Å²) in [6.45, 7) is 2.21. The number of alkyl halides is 3. The zero-order valence-corrected chi connectivity index (χ0v) is 24.5. The number of halogens is 4. The highest BCUT2D eigenvalue weighted by atomic mass is 35.5. The molecule has 2 saturated heterocycles. The molecule has 0 bridgehead atoms. The van der Waals surface area contributed by atoms with Crippen molar-refractivity contribution in [3.8, 4) is 5.69 Å². The number of piperidine rings is 1. The van der Waals surface area contributed by atoms with Crippen LogP contribution in [0, 0.1) is 11.3 Å². The van der Waals surface area contributed by atoms with Gasteiger partial charge in [0.25, 0.3) is 5.56 Å². The highest BCUT2D eigenvalue weighted by Crippen LogP contribution is 2.61. The molecule has 3 aromatic rings. The maximum atomic E-state index is 13.4. The summed E-state index contributed by atoms with van der Waals surface area (Å²) in [6, 6.07) is 8.07. The first-order valence-corrected chi connectivity index (χ1v) is 14.6. The van der Waals surface area contributed by atoms with Gasteiger partial charge in [-0.25, -0.2) is 9.78 Å². The van der Waals surface area contributed by atoms with Gasteiger partial charge < -0.3 is 19.8 Å². The Morgan fingerprint density at radius 3 is 2.45 bits per heavy atom. The number of aromatic nitrogens is 3. The molecule has 2 unspecified atom stereocenters. The van der Waals surface area contributed by atoms with E-state index in [0.29, 0.717) is 17.9 Å². The van der Waals surface area contributed by atoms with Gasteiger partial charge in [-0.3, -0.25) is 23.6 Å². The Hall–Kier alpha value is -3.62. The average molecular weight is 638 g/mol. The third-order valence-electron chi connectivity index (χ3n) is 9.22. The van der Waals surface area contributed by atoms with E-state index in [1.54, 1.807) is 28.8 Å². The number of rotatable bonds is 5. The highest BCUT2D eigenvalue weighted by molar-refractivity contribution is 6.31. The maximum Gasteiger partial charge on any atom is 0.407 e. The quantitative estimate of drug-likeness (QED) is 0.435. The van der Waals surface area contributed by atoms with Crippen LogP contribution < -0.4 is 5.56 Å². The third kappa shape index (κ3) is 5.32. The summed E-state index contributed by atoms with van der Waals surface area (Å²) < 4.78 is 47.8. The molecule has 2 N–H and O–H groups in total. The van der Waals surface area contributed by atoms with Crippen LogP contribution in [-0.2, 0) is 16.1 Å². The van der Waals surface area contributed by atoms with Gasteiger partial charge >= 0.3 is 12.3 Å². The lowest BCUT2D eigenvalue weighted by molar-refractivity contribution is -0.165. The molecule has 3 atom stereocenters. The number of hydrogen-bond acceptors (Lipinski definition) is 6. The van der Waals surface area contributed by atoms with E-state index in [0.717, 1.165) is 5.56 Å². The molecule has 6 rings (SSSR count). The maximum absolute atomic E-state index is 13.4. The number of nitrogens with zero attached hydrogens (tertiary/aromatic N) is 5. The first kappa shape index (κ1) is 30.4. The molecule has 4 heterocycles.